The predicted molar refractivity (Wildman–Crippen MR) is 117 cm³/mol. The average Bonchev–Trinajstić information content (AvgIpc) is 3.15. The summed E-state index contributed by atoms with van der Waals surface area (Å²) in [6.07, 6.45) is 6.09. The molecule has 2 atom stereocenters. The Morgan fingerprint density at radius 1 is 1.21 bits per heavy atom. The lowest BCUT2D eigenvalue weighted by Gasteiger charge is -2.33. The molecular formula is C22H35ClN4O. The van der Waals surface area contributed by atoms with Crippen molar-refractivity contribution in [1.82, 2.24) is 15.5 Å². The molecule has 2 fully saturated rings. The number of carbonyl (C=O) groups is 1. The highest BCUT2D eigenvalue weighted by atomic mass is 35.5. The Morgan fingerprint density at radius 3 is 2.89 bits per heavy atom. The minimum Gasteiger partial charge on any atom is -0.371 e. The van der Waals surface area contributed by atoms with Gasteiger partial charge in [-0.25, -0.2) is 4.79 Å². The van der Waals surface area contributed by atoms with E-state index in [-0.39, 0.29) is 6.03 Å². The van der Waals surface area contributed by atoms with Gasteiger partial charge in [-0.05, 0) is 69.7 Å². The second-order valence-electron chi connectivity index (χ2n) is 8.40. The summed E-state index contributed by atoms with van der Waals surface area (Å²) in [4.78, 5) is 17.0. The van der Waals surface area contributed by atoms with Crippen LogP contribution >= 0.6 is 11.6 Å². The molecule has 2 unspecified atom stereocenters. The van der Waals surface area contributed by atoms with Crippen LogP contribution < -0.4 is 15.5 Å². The van der Waals surface area contributed by atoms with Gasteiger partial charge >= 0.3 is 6.03 Å². The van der Waals surface area contributed by atoms with Crippen molar-refractivity contribution in [2.24, 2.45) is 5.92 Å². The van der Waals surface area contributed by atoms with E-state index in [0.717, 1.165) is 50.6 Å². The number of benzene rings is 1. The first-order chi connectivity index (χ1) is 13.5. The number of aryl methyl sites for hydroxylation is 1. The van der Waals surface area contributed by atoms with Gasteiger partial charge in [0.2, 0.25) is 0 Å². The number of amides is 2. The smallest absolute Gasteiger partial charge is 0.314 e. The Labute approximate surface area is 174 Å². The number of hydrogen-bond acceptors (Lipinski definition) is 3. The van der Waals surface area contributed by atoms with Crippen LogP contribution in [0.3, 0.4) is 0 Å². The molecule has 1 aromatic carbocycles. The number of anilines is 1. The van der Waals surface area contributed by atoms with Crippen molar-refractivity contribution in [3.63, 3.8) is 0 Å². The minimum atomic E-state index is -0.0379. The van der Waals surface area contributed by atoms with Crippen LogP contribution in [0, 0.1) is 12.8 Å². The van der Waals surface area contributed by atoms with Crippen molar-refractivity contribution in [3.05, 3.63) is 28.8 Å². The van der Waals surface area contributed by atoms with Gasteiger partial charge in [0.15, 0.2) is 0 Å². The van der Waals surface area contributed by atoms with Crippen molar-refractivity contribution >= 4 is 23.3 Å². The number of nitrogens with one attached hydrogen (secondary N) is 2. The van der Waals surface area contributed by atoms with E-state index in [9.17, 15) is 4.79 Å². The number of hydrogen-bond donors (Lipinski definition) is 2. The molecule has 1 aromatic rings. The maximum atomic E-state index is 12.1. The molecule has 2 aliphatic rings. The van der Waals surface area contributed by atoms with Crippen LogP contribution in [0.5, 0.6) is 0 Å². The summed E-state index contributed by atoms with van der Waals surface area (Å²) in [5.74, 6) is 0.485. The largest absolute Gasteiger partial charge is 0.371 e. The third kappa shape index (κ3) is 6.02. The summed E-state index contributed by atoms with van der Waals surface area (Å²) in [6, 6.07) is 6.70. The maximum absolute atomic E-state index is 12.1. The van der Waals surface area contributed by atoms with Crippen LogP contribution in [-0.4, -0.2) is 56.2 Å². The standard InChI is InChI=1S/C22H35ClN4O/c1-17-7-8-20(23)14-21(17)27-13-9-19(16-27)15-25-22(28)24-10-5-12-26-11-4-3-6-18(26)2/h7-8,14,18-19H,3-6,9-13,15-16H2,1-2H3,(H2,24,25,28). The summed E-state index contributed by atoms with van der Waals surface area (Å²) >= 11 is 6.16. The first kappa shape index (κ1) is 21.3. The van der Waals surface area contributed by atoms with Gasteiger partial charge in [0.1, 0.15) is 0 Å². The predicted octanol–water partition coefficient (Wildman–Crippen LogP) is 4.04. The number of urea groups is 1. The Hall–Kier alpha value is -1.46. The number of nitrogens with zero attached hydrogens (tertiary/aromatic N) is 2. The molecule has 0 saturated carbocycles. The van der Waals surface area contributed by atoms with E-state index in [4.69, 9.17) is 11.6 Å². The van der Waals surface area contributed by atoms with Gasteiger partial charge < -0.3 is 20.4 Å². The Balaban J connectivity index is 1.31. The minimum absolute atomic E-state index is 0.0379. The van der Waals surface area contributed by atoms with Gasteiger partial charge in [-0.3, -0.25) is 0 Å². The molecule has 2 N–H and O–H groups in total. The highest BCUT2D eigenvalue weighted by Gasteiger charge is 2.24. The maximum Gasteiger partial charge on any atom is 0.314 e. The van der Waals surface area contributed by atoms with Crippen LogP contribution in [0.2, 0.25) is 5.02 Å². The highest BCUT2D eigenvalue weighted by Crippen LogP contribution is 2.29. The molecule has 2 aliphatic heterocycles. The molecule has 0 radical (unpaired) electrons. The third-order valence-electron chi connectivity index (χ3n) is 6.20. The van der Waals surface area contributed by atoms with E-state index < -0.39 is 0 Å². The number of likely N-dealkylation sites (tertiary alicyclic amines) is 1. The van der Waals surface area contributed by atoms with Crippen LogP contribution in [0.15, 0.2) is 18.2 Å². The Morgan fingerprint density at radius 2 is 2.07 bits per heavy atom. The molecule has 2 amide bonds. The fourth-order valence-corrected chi connectivity index (χ4v) is 4.58. The lowest BCUT2D eigenvalue weighted by atomic mass is 10.0. The van der Waals surface area contributed by atoms with Crippen LogP contribution in [-0.2, 0) is 0 Å². The zero-order valence-electron chi connectivity index (χ0n) is 17.3. The number of carbonyl (C=O) groups excluding carboxylic acids is 1. The zero-order valence-corrected chi connectivity index (χ0v) is 18.1. The molecule has 3 rings (SSSR count). The first-order valence-corrected chi connectivity index (χ1v) is 11.2. The Bertz CT molecular complexity index is 653. The molecule has 28 heavy (non-hydrogen) atoms. The Kier molecular flexibility index (Phi) is 7.86. The lowest BCUT2D eigenvalue weighted by Crippen LogP contribution is -2.41. The summed E-state index contributed by atoms with van der Waals surface area (Å²) in [5, 5.41) is 6.84. The van der Waals surface area contributed by atoms with E-state index in [2.05, 4.69) is 40.3 Å². The SMILES string of the molecule is Cc1ccc(Cl)cc1N1CCC(CNC(=O)NCCCN2CCCCC2C)C1. The normalized spacial score (nSPS) is 23.0. The van der Waals surface area contributed by atoms with E-state index in [1.54, 1.807) is 0 Å². The van der Waals surface area contributed by atoms with Crippen LogP contribution in [0.1, 0.15) is 44.6 Å². The molecule has 156 valence electrons. The fraction of sp³-hybridized carbons (Fsp3) is 0.682. The number of rotatable bonds is 7. The zero-order chi connectivity index (χ0) is 19.9. The first-order valence-electron chi connectivity index (χ1n) is 10.8. The van der Waals surface area contributed by atoms with Crippen molar-refractivity contribution in [2.45, 2.75) is 52.0 Å². The van der Waals surface area contributed by atoms with Crippen molar-refractivity contribution in [2.75, 3.05) is 44.2 Å². The topological polar surface area (TPSA) is 47.6 Å². The number of piperidine rings is 1. The second-order valence-corrected chi connectivity index (χ2v) is 8.84. The lowest BCUT2D eigenvalue weighted by molar-refractivity contribution is 0.159. The fourth-order valence-electron chi connectivity index (χ4n) is 4.41. The molecule has 2 heterocycles. The molecule has 0 spiro atoms. The molecular weight excluding hydrogens is 372 g/mol. The van der Waals surface area contributed by atoms with Gasteiger partial charge in [-0.15, -0.1) is 0 Å². The quantitative estimate of drug-likeness (QED) is 0.672. The van der Waals surface area contributed by atoms with E-state index in [0.29, 0.717) is 12.0 Å². The molecule has 5 nitrogen and oxygen atoms in total. The van der Waals surface area contributed by atoms with Gasteiger partial charge in [0.05, 0.1) is 0 Å². The molecule has 0 bridgehead atoms. The molecule has 0 aromatic heterocycles. The number of halogens is 1. The van der Waals surface area contributed by atoms with Gasteiger partial charge in [0, 0.05) is 49.5 Å². The average molecular weight is 407 g/mol. The second kappa shape index (κ2) is 10.4. The molecule has 6 heteroatoms. The van der Waals surface area contributed by atoms with Gasteiger partial charge in [0.25, 0.3) is 0 Å². The summed E-state index contributed by atoms with van der Waals surface area (Å²) < 4.78 is 0. The van der Waals surface area contributed by atoms with Crippen LogP contribution in [0.25, 0.3) is 0 Å². The van der Waals surface area contributed by atoms with Crippen LogP contribution in [0.4, 0.5) is 10.5 Å². The monoisotopic (exact) mass is 406 g/mol. The van der Waals surface area contributed by atoms with Gasteiger partial charge in [-0.1, -0.05) is 24.1 Å². The highest BCUT2D eigenvalue weighted by molar-refractivity contribution is 6.30. The van der Waals surface area contributed by atoms with E-state index in [1.807, 2.05) is 12.1 Å². The molecule has 2 saturated heterocycles. The summed E-state index contributed by atoms with van der Waals surface area (Å²) in [5.41, 5.74) is 2.46. The van der Waals surface area contributed by atoms with Crippen molar-refractivity contribution in [3.8, 4) is 0 Å². The molecule has 0 aliphatic carbocycles. The van der Waals surface area contributed by atoms with Gasteiger partial charge in [-0.2, -0.15) is 0 Å². The van der Waals surface area contributed by atoms with Crippen molar-refractivity contribution < 1.29 is 4.79 Å². The van der Waals surface area contributed by atoms with Crippen molar-refractivity contribution in [1.29, 1.82) is 0 Å². The third-order valence-corrected chi connectivity index (χ3v) is 6.43. The van der Waals surface area contributed by atoms with E-state index in [1.165, 1.54) is 37.1 Å². The summed E-state index contributed by atoms with van der Waals surface area (Å²) in [6.45, 7) is 10.2. The van der Waals surface area contributed by atoms with E-state index >= 15 is 0 Å². The summed E-state index contributed by atoms with van der Waals surface area (Å²) in [7, 11) is 0.